The second-order valence-corrected chi connectivity index (χ2v) is 5.36. The first-order valence-electron chi connectivity index (χ1n) is 6.25. The molecule has 5 heteroatoms. The maximum Gasteiger partial charge on any atom is 0.248 e. The van der Waals surface area contributed by atoms with Crippen molar-refractivity contribution in [2.24, 2.45) is 5.92 Å². The van der Waals surface area contributed by atoms with Gasteiger partial charge in [0.25, 0.3) is 0 Å². The van der Waals surface area contributed by atoms with Gasteiger partial charge in [0.15, 0.2) is 0 Å². The van der Waals surface area contributed by atoms with Crippen molar-refractivity contribution in [1.82, 2.24) is 4.90 Å². The standard InChI is InChI=1S/C12H19F2NO2/c1-8-6-10(16)7-15(8)11(17)9-2-4-12(13,14)5-3-9/h8-10,16H,2-7H2,1H3/t8?,10-/m1/s1. The molecule has 1 saturated heterocycles. The van der Waals surface area contributed by atoms with E-state index in [-0.39, 0.29) is 43.6 Å². The zero-order valence-electron chi connectivity index (χ0n) is 10.0. The number of nitrogens with zero attached hydrogens (tertiary/aromatic N) is 1. The zero-order chi connectivity index (χ0) is 12.6. The zero-order valence-corrected chi connectivity index (χ0v) is 10.0. The molecule has 0 aromatic heterocycles. The Bertz CT molecular complexity index is 299. The van der Waals surface area contributed by atoms with Gasteiger partial charge in [-0.1, -0.05) is 0 Å². The minimum atomic E-state index is -2.59. The van der Waals surface area contributed by atoms with Gasteiger partial charge in [0.1, 0.15) is 0 Å². The minimum absolute atomic E-state index is 0.0277. The molecule has 98 valence electrons. The Hall–Kier alpha value is -0.710. The molecule has 1 N–H and O–H groups in total. The van der Waals surface area contributed by atoms with Crippen LogP contribution in [0.15, 0.2) is 0 Å². The van der Waals surface area contributed by atoms with Crippen LogP contribution in [0.5, 0.6) is 0 Å². The molecule has 2 aliphatic rings. The molecule has 2 atom stereocenters. The van der Waals surface area contributed by atoms with Crippen molar-refractivity contribution in [3.63, 3.8) is 0 Å². The summed E-state index contributed by atoms with van der Waals surface area (Å²) in [6, 6.07) is 0.0277. The fourth-order valence-corrected chi connectivity index (χ4v) is 2.83. The summed E-state index contributed by atoms with van der Waals surface area (Å²) in [5.41, 5.74) is 0. The number of amides is 1. The highest BCUT2D eigenvalue weighted by Gasteiger charge is 2.41. The van der Waals surface area contributed by atoms with Crippen LogP contribution >= 0.6 is 0 Å². The average molecular weight is 247 g/mol. The molecular weight excluding hydrogens is 228 g/mol. The Labute approximate surface area is 99.8 Å². The molecule has 1 aliphatic carbocycles. The first-order valence-corrected chi connectivity index (χ1v) is 6.25. The van der Waals surface area contributed by atoms with Crippen LogP contribution in [-0.2, 0) is 4.79 Å². The van der Waals surface area contributed by atoms with Crippen molar-refractivity contribution < 1.29 is 18.7 Å². The number of aliphatic hydroxyl groups is 1. The number of likely N-dealkylation sites (tertiary alicyclic amines) is 1. The van der Waals surface area contributed by atoms with Gasteiger partial charge in [-0.05, 0) is 26.2 Å². The van der Waals surface area contributed by atoms with Crippen LogP contribution in [0.25, 0.3) is 0 Å². The second kappa shape index (κ2) is 4.52. The van der Waals surface area contributed by atoms with Crippen molar-refractivity contribution in [3.05, 3.63) is 0 Å². The van der Waals surface area contributed by atoms with Crippen molar-refractivity contribution >= 4 is 5.91 Å². The lowest BCUT2D eigenvalue weighted by Crippen LogP contribution is -2.41. The fourth-order valence-electron chi connectivity index (χ4n) is 2.83. The van der Waals surface area contributed by atoms with Gasteiger partial charge >= 0.3 is 0 Å². The van der Waals surface area contributed by atoms with Crippen LogP contribution in [0, 0.1) is 5.92 Å². The predicted molar refractivity (Wildman–Crippen MR) is 58.7 cm³/mol. The third kappa shape index (κ3) is 2.76. The minimum Gasteiger partial charge on any atom is -0.391 e. The maximum atomic E-state index is 13.0. The number of carbonyl (C=O) groups is 1. The van der Waals surface area contributed by atoms with E-state index in [4.69, 9.17) is 0 Å². The van der Waals surface area contributed by atoms with Crippen molar-refractivity contribution in [1.29, 1.82) is 0 Å². The number of aliphatic hydroxyl groups excluding tert-OH is 1. The van der Waals surface area contributed by atoms with Crippen LogP contribution in [0.4, 0.5) is 8.78 Å². The van der Waals surface area contributed by atoms with Gasteiger partial charge in [-0.2, -0.15) is 0 Å². The van der Waals surface area contributed by atoms with E-state index < -0.39 is 12.0 Å². The molecule has 2 fully saturated rings. The Balaban J connectivity index is 1.93. The Kier molecular flexibility index (Phi) is 3.39. The third-order valence-electron chi connectivity index (χ3n) is 3.90. The van der Waals surface area contributed by atoms with Crippen LogP contribution in [0.2, 0.25) is 0 Å². The summed E-state index contributed by atoms with van der Waals surface area (Å²) in [6.07, 6.45) is 0.298. The molecule has 0 spiro atoms. The molecule has 0 radical (unpaired) electrons. The average Bonchev–Trinajstić information content (AvgIpc) is 2.57. The number of hydrogen-bond donors (Lipinski definition) is 1. The first kappa shape index (κ1) is 12.7. The van der Waals surface area contributed by atoms with E-state index in [9.17, 15) is 18.7 Å². The maximum absolute atomic E-state index is 13.0. The number of halogens is 2. The Morgan fingerprint density at radius 2 is 1.94 bits per heavy atom. The highest BCUT2D eigenvalue weighted by atomic mass is 19.3. The lowest BCUT2D eigenvalue weighted by atomic mass is 9.86. The van der Waals surface area contributed by atoms with Crippen molar-refractivity contribution in [2.75, 3.05) is 6.54 Å². The summed E-state index contributed by atoms with van der Waals surface area (Å²) < 4.78 is 26.0. The van der Waals surface area contributed by atoms with Gasteiger partial charge in [-0.3, -0.25) is 4.79 Å². The summed E-state index contributed by atoms with van der Waals surface area (Å²) in [5, 5.41) is 9.49. The molecule has 0 aromatic rings. The van der Waals surface area contributed by atoms with Gasteiger partial charge < -0.3 is 10.0 Å². The molecular formula is C12H19F2NO2. The summed E-state index contributed by atoms with van der Waals surface area (Å²) in [4.78, 5) is 13.8. The molecule has 1 amide bonds. The van der Waals surface area contributed by atoms with Gasteiger partial charge in [0.05, 0.1) is 6.10 Å². The molecule has 0 bridgehead atoms. The highest BCUT2D eigenvalue weighted by Crippen LogP contribution is 2.37. The molecule has 1 saturated carbocycles. The predicted octanol–water partition coefficient (Wildman–Crippen LogP) is 1.79. The number of rotatable bonds is 1. The lowest BCUT2D eigenvalue weighted by molar-refractivity contribution is -0.140. The summed E-state index contributed by atoms with van der Waals surface area (Å²) in [7, 11) is 0. The fraction of sp³-hybridized carbons (Fsp3) is 0.917. The number of hydrogen-bond acceptors (Lipinski definition) is 2. The lowest BCUT2D eigenvalue weighted by Gasteiger charge is -2.31. The Morgan fingerprint density at radius 1 is 1.35 bits per heavy atom. The quantitative estimate of drug-likeness (QED) is 0.767. The molecule has 1 heterocycles. The summed E-state index contributed by atoms with van der Waals surface area (Å²) >= 11 is 0. The van der Waals surface area contributed by atoms with E-state index in [2.05, 4.69) is 0 Å². The smallest absolute Gasteiger partial charge is 0.248 e. The normalized spacial score (nSPS) is 34.0. The van der Waals surface area contributed by atoms with Crippen molar-refractivity contribution in [3.8, 4) is 0 Å². The topological polar surface area (TPSA) is 40.5 Å². The number of alkyl halides is 2. The number of β-amino-alcohol motifs (C(OH)–C–C–N with tert-alkyl or cyclic N) is 1. The summed E-state index contributed by atoms with van der Waals surface area (Å²) in [6.45, 7) is 2.25. The first-order chi connectivity index (χ1) is 7.89. The second-order valence-electron chi connectivity index (χ2n) is 5.36. The molecule has 3 nitrogen and oxygen atoms in total. The highest BCUT2D eigenvalue weighted by molar-refractivity contribution is 5.79. The van der Waals surface area contributed by atoms with E-state index in [0.717, 1.165) is 0 Å². The van der Waals surface area contributed by atoms with Crippen LogP contribution in [0.3, 0.4) is 0 Å². The van der Waals surface area contributed by atoms with E-state index in [1.54, 1.807) is 4.90 Å². The molecule has 17 heavy (non-hydrogen) atoms. The summed E-state index contributed by atoms with van der Waals surface area (Å²) in [5.74, 6) is -2.92. The van der Waals surface area contributed by atoms with E-state index in [1.165, 1.54) is 0 Å². The van der Waals surface area contributed by atoms with Crippen LogP contribution < -0.4 is 0 Å². The number of carbonyl (C=O) groups excluding carboxylic acids is 1. The molecule has 2 rings (SSSR count). The van der Waals surface area contributed by atoms with Gasteiger partial charge in [-0.15, -0.1) is 0 Å². The largest absolute Gasteiger partial charge is 0.391 e. The molecule has 1 aliphatic heterocycles. The third-order valence-corrected chi connectivity index (χ3v) is 3.90. The Morgan fingerprint density at radius 3 is 2.41 bits per heavy atom. The molecule has 1 unspecified atom stereocenters. The van der Waals surface area contributed by atoms with E-state index in [0.29, 0.717) is 13.0 Å². The molecule has 0 aromatic carbocycles. The van der Waals surface area contributed by atoms with Gasteiger partial charge in [0.2, 0.25) is 11.8 Å². The van der Waals surface area contributed by atoms with Crippen LogP contribution in [-0.4, -0.2) is 40.5 Å². The van der Waals surface area contributed by atoms with Crippen molar-refractivity contribution in [2.45, 2.75) is 57.1 Å². The van der Waals surface area contributed by atoms with Gasteiger partial charge in [0, 0.05) is 31.3 Å². The van der Waals surface area contributed by atoms with E-state index in [1.807, 2.05) is 6.92 Å². The SMILES string of the molecule is CC1C[C@@H](O)CN1C(=O)C1CCC(F)(F)CC1. The van der Waals surface area contributed by atoms with Gasteiger partial charge in [-0.25, -0.2) is 8.78 Å². The van der Waals surface area contributed by atoms with Crippen LogP contribution in [0.1, 0.15) is 39.0 Å². The van der Waals surface area contributed by atoms with E-state index >= 15 is 0 Å². The monoisotopic (exact) mass is 247 g/mol.